The first-order valence-electron chi connectivity index (χ1n) is 8.15. The molecule has 1 aliphatic carbocycles. The maximum Gasteiger partial charge on any atom is 0.269 e. The second kappa shape index (κ2) is 6.86. The van der Waals surface area contributed by atoms with Crippen molar-refractivity contribution in [1.82, 2.24) is 15.5 Å². The molecule has 0 amide bonds. The molecule has 2 unspecified atom stereocenters. The van der Waals surface area contributed by atoms with Crippen molar-refractivity contribution in [2.45, 2.75) is 25.3 Å². The summed E-state index contributed by atoms with van der Waals surface area (Å²) < 4.78 is 0. The Bertz CT molecular complexity index is 702. The number of hydrogen-bond acceptors (Lipinski definition) is 4. The van der Waals surface area contributed by atoms with Crippen LogP contribution in [0.3, 0.4) is 0 Å². The summed E-state index contributed by atoms with van der Waals surface area (Å²) in [5.74, 6) is 0.421. The standard InChI is InChI=1S/C17H22N4O2S/c1-20(2)10-12-6-4-8-14-15(18-17(24)19-16(12)14)11-5-3-7-13(9-11)21(22)23/h3,5,7,9,12,15H,4,6,8,10H2,1-2H3,(H2,18,19,24). The summed E-state index contributed by atoms with van der Waals surface area (Å²) in [4.78, 5) is 12.9. The van der Waals surface area contributed by atoms with E-state index in [1.165, 1.54) is 17.3 Å². The predicted molar refractivity (Wildman–Crippen MR) is 97.6 cm³/mol. The quantitative estimate of drug-likeness (QED) is 0.496. The molecule has 2 aliphatic rings. The third-order valence-corrected chi connectivity index (χ3v) is 4.84. The number of nitro groups is 1. The molecule has 2 N–H and O–H groups in total. The summed E-state index contributed by atoms with van der Waals surface area (Å²) in [5.41, 5.74) is 3.49. The van der Waals surface area contributed by atoms with Gasteiger partial charge in [0.25, 0.3) is 5.69 Å². The van der Waals surface area contributed by atoms with Crippen LogP contribution in [0.1, 0.15) is 30.9 Å². The van der Waals surface area contributed by atoms with Crippen molar-refractivity contribution in [1.29, 1.82) is 0 Å². The molecule has 0 aromatic heterocycles. The molecule has 1 aliphatic heterocycles. The summed E-state index contributed by atoms with van der Waals surface area (Å²) >= 11 is 5.40. The second-order valence-corrected chi connectivity index (χ2v) is 7.08. The fraction of sp³-hybridized carbons (Fsp3) is 0.471. The molecule has 0 radical (unpaired) electrons. The van der Waals surface area contributed by atoms with E-state index in [0.717, 1.165) is 31.4 Å². The van der Waals surface area contributed by atoms with Crippen LogP contribution in [0.2, 0.25) is 0 Å². The molecular formula is C17H22N4O2S. The highest BCUT2D eigenvalue weighted by Crippen LogP contribution is 2.38. The maximum absolute atomic E-state index is 11.1. The summed E-state index contributed by atoms with van der Waals surface area (Å²) in [6.45, 7) is 0.968. The molecule has 0 fully saturated rings. The zero-order chi connectivity index (χ0) is 17.3. The highest BCUT2D eigenvalue weighted by Gasteiger charge is 2.33. The van der Waals surface area contributed by atoms with E-state index in [0.29, 0.717) is 11.0 Å². The van der Waals surface area contributed by atoms with Crippen LogP contribution in [0, 0.1) is 16.0 Å². The predicted octanol–water partition coefficient (Wildman–Crippen LogP) is 2.73. The second-order valence-electron chi connectivity index (χ2n) is 6.67. The largest absolute Gasteiger partial charge is 0.352 e. The van der Waals surface area contributed by atoms with Gasteiger partial charge in [0.2, 0.25) is 0 Å². The van der Waals surface area contributed by atoms with Gasteiger partial charge in [-0.2, -0.15) is 0 Å². The van der Waals surface area contributed by atoms with Crippen molar-refractivity contribution >= 4 is 23.0 Å². The lowest BCUT2D eigenvalue weighted by Gasteiger charge is -2.39. The Kier molecular flexibility index (Phi) is 4.82. The Hall–Kier alpha value is -1.99. The normalized spacial score (nSPS) is 23.5. The van der Waals surface area contributed by atoms with E-state index in [-0.39, 0.29) is 16.7 Å². The van der Waals surface area contributed by atoms with Crippen molar-refractivity contribution in [3.8, 4) is 0 Å². The first kappa shape index (κ1) is 16.9. The SMILES string of the molecule is CN(C)CC1CCCC2=C1NC(=S)NC2c1cccc([N+](=O)[O-])c1. The van der Waals surface area contributed by atoms with Gasteiger partial charge in [0.05, 0.1) is 11.0 Å². The Labute approximate surface area is 147 Å². The molecule has 1 aromatic carbocycles. The van der Waals surface area contributed by atoms with E-state index in [2.05, 4.69) is 29.6 Å². The zero-order valence-electron chi connectivity index (χ0n) is 13.9. The molecule has 0 spiro atoms. The number of nitrogens with one attached hydrogen (secondary N) is 2. The number of thiocarbonyl (C=S) groups is 1. The molecule has 1 aromatic rings. The van der Waals surface area contributed by atoms with Gasteiger partial charge in [-0.25, -0.2) is 0 Å². The van der Waals surface area contributed by atoms with E-state index in [1.54, 1.807) is 12.1 Å². The topological polar surface area (TPSA) is 70.4 Å². The molecule has 7 heteroatoms. The van der Waals surface area contributed by atoms with Gasteiger partial charge in [-0.1, -0.05) is 12.1 Å². The molecule has 0 saturated heterocycles. The maximum atomic E-state index is 11.1. The lowest BCUT2D eigenvalue weighted by atomic mass is 9.80. The van der Waals surface area contributed by atoms with Crippen molar-refractivity contribution in [3.05, 3.63) is 51.2 Å². The highest BCUT2D eigenvalue weighted by atomic mass is 32.1. The summed E-state index contributed by atoms with van der Waals surface area (Å²) in [6, 6.07) is 6.75. The van der Waals surface area contributed by atoms with E-state index in [9.17, 15) is 10.1 Å². The van der Waals surface area contributed by atoms with Crippen LogP contribution in [-0.2, 0) is 0 Å². The summed E-state index contributed by atoms with van der Waals surface area (Å²) in [7, 11) is 4.15. The Morgan fingerprint density at radius 2 is 2.21 bits per heavy atom. The fourth-order valence-electron chi connectivity index (χ4n) is 3.66. The summed E-state index contributed by atoms with van der Waals surface area (Å²) in [6.07, 6.45) is 3.24. The van der Waals surface area contributed by atoms with Gasteiger partial charge < -0.3 is 15.5 Å². The Morgan fingerprint density at radius 3 is 2.92 bits per heavy atom. The molecule has 0 saturated carbocycles. The molecule has 1 heterocycles. The molecule has 3 rings (SSSR count). The molecular weight excluding hydrogens is 324 g/mol. The number of hydrogen-bond donors (Lipinski definition) is 2. The van der Waals surface area contributed by atoms with Gasteiger partial charge in [-0.3, -0.25) is 10.1 Å². The van der Waals surface area contributed by atoms with Crippen molar-refractivity contribution in [2.24, 2.45) is 5.92 Å². The van der Waals surface area contributed by atoms with Crippen LogP contribution < -0.4 is 10.6 Å². The van der Waals surface area contributed by atoms with Crippen LogP contribution in [0.5, 0.6) is 0 Å². The van der Waals surface area contributed by atoms with E-state index < -0.39 is 0 Å². The van der Waals surface area contributed by atoms with E-state index in [1.807, 2.05) is 6.07 Å². The minimum Gasteiger partial charge on any atom is -0.352 e. The number of benzene rings is 1. The van der Waals surface area contributed by atoms with Crippen LogP contribution in [0.4, 0.5) is 5.69 Å². The van der Waals surface area contributed by atoms with Crippen molar-refractivity contribution < 1.29 is 4.92 Å². The lowest BCUT2D eigenvalue weighted by molar-refractivity contribution is -0.384. The highest BCUT2D eigenvalue weighted by molar-refractivity contribution is 7.80. The van der Waals surface area contributed by atoms with Gasteiger partial charge in [0.15, 0.2) is 5.11 Å². The van der Waals surface area contributed by atoms with Gasteiger partial charge >= 0.3 is 0 Å². The van der Waals surface area contributed by atoms with Crippen LogP contribution in [-0.4, -0.2) is 35.6 Å². The average Bonchev–Trinajstić information content (AvgIpc) is 2.54. The van der Waals surface area contributed by atoms with Crippen molar-refractivity contribution in [3.63, 3.8) is 0 Å². The van der Waals surface area contributed by atoms with Crippen LogP contribution >= 0.6 is 12.2 Å². The van der Waals surface area contributed by atoms with Gasteiger partial charge in [0.1, 0.15) is 0 Å². The van der Waals surface area contributed by atoms with Gasteiger partial charge in [-0.15, -0.1) is 0 Å². The fourth-order valence-corrected chi connectivity index (χ4v) is 3.89. The lowest BCUT2D eigenvalue weighted by Crippen LogP contribution is -2.47. The smallest absolute Gasteiger partial charge is 0.269 e. The van der Waals surface area contributed by atoms with Crippen LogP contribution in [0.25, 0.3) is 0 Å². The minimum atomic E-state index is -0.353. The zero-order valence-corrected chi connectivity index (χ0v) is 14.7. The number of nitrogens with zero attached hydrogens (tertiary/aromatic N) is 2. The third-order valence-electron chi connectivity index (χ3n) is 4.62. The molecule has 128 valence electrons. The minimum absolute atomic E-state index is 0.0846. The van der Waals surface area contributed by atoms with Crippen molar-refractivity contribution in [2.75, 3.05) is 20.6 Å². The van der Waals surface area contributed by atoms with Crippen LogP contribution in [0.15, 0.2) is 35.5 Å². The van der Waals surface area contributed by atoms with E-state index in [4.69, 9.17) is 12.2 Å². The first-order chi connectivity index (χ1) is 11.5. The third kappa shape index (κ3) is 3.42. The number of nitro benzene ring substituents is 1. The molecule has 0 bridgehead atoms. The number of non-ortho nitro benzene ring substituents is 1. The van der Waals surface area contributed by atoms with Gasteiger partial charge in [0, 0.05) is 30.3 Å². The average molecular weight is 346 g/mol. The molecule has 6 nitrogen and oxygen atoms in total. The monoisotopic (exact) mass is 346 g/mol. The van der Waals surface area contributed by atoms with Gasteiger partial charge in [-0.05, 0) is 56.7 Å². The molecule has 2 atom stereocenters. The Morgan fingerprint density at radius 1 is 1.42 bits per heavy atom. The Balaban J connectivity index is 1.99. The summed E-state index contributed by atoms with van der Waals surface area (Å²) in [5, 5.41) is 18.3. The first-order valence-corrected chi connectivity index (χ1v) is 8.56. The van der Waals surface area contributed by atoms with E-state index >= 15 is 0 Å². The number of rotatable bonds is 4. The molecule has 24 heavy (non-hydrogen) atoms.